The number of fused-ring (bicyclic) bond motifs is 1. The Morgan fingerprint density at radius 2 is 2.00 bits per heavy atom. The van der Waals surface area contributed by atoms with Crippen LogP contribution < -0.4 is 16.5 Å². The summed E-state index contributed by atoms with van der Waals surface area (Å²) in [5.41, 5.74) is 6.63. The zero-order valence-corrected chi connectivity index (χ0v) is 13.4. The Balaban J connectivity index is 2.16. The van der Waals surface area contributed by atoms with E-state index in [-0.39, 0.29) is 19.6 Å². The van der Waals surface area contributed by atoms with E-state index in [1.807, 2.05) is 6.07 Å². The quantitative estimate of drug-likeness (QED) is 0.732. The van der Waals surface area contributed by atoms with Crippen molar-refractivity contribution in [2.75, 3.05) is 19.9 Å². The summed E-state index contributed by atoms with van der Waals surface area (Å²) in [6, 6.07) is 3.63. The first-order chi connectivity index (χ1) is 10.8. The minimum absolute atomic E-state index is 0.0300. The highest BCUT2D eigenvalue weighted by Gasteiger charge is 2.38. The number of nitrogens with zero attached hydrogens (tertiary/aromatic N) is 2. The molecule has 0 fully saturated rings. The van der Waals surface area contributed by atoms with Gasteiger partial charge in [0.2, 0.25) is 0 Å². The lowest BCUT2D eigenvalue weighted by Gasteiger charge is -2.21. The van der Waals surface area contributed by atoms with Gasteiger partial charge in [-0.2, -0.15) is 13.2 Å². The van der Waals surface area contributed by atoms with Crippen molar-refractivity contribution in [3.8, 4) is 0 Å². The number of aromatic amines is 1. The predicted molar refractivity (Wildman–Crippen MR) is 87.1 cm³/mol. The number of hydrogen-bond acceptors (Lipinski definition) is 4. The van der Waals surface area contributed by atoms with Gasteiger partial charge in [0, 0.05) is 17.1 Å². The maximum Gasteiger partial charge on any atom is 0.416 e. The lowest BCUT2D eigenvalue weighted by Crippen LogP contribution is -2.37. The van der Waals surface area contributed by atoms with Crippen molar-refractivity contribution >= 4 is 36.0 Å². The van der Waals surface area contributed by atoms with E-state index in [9.17, 15) is 13.2 Å². The van der Waals surface area contributed by atoms with Crippen molar-refractivity contribution in [1.82, 2.24) is 15.3 Å². The number of halogens is 3. The fourth-order valence-corrected chi connectivity index (χ4v) is 3.07. The molecule has 0 atom stereocenters. The number of H-pyrrole nitrogens is 1. The Kier molecular flexibility index (Phi) is 3.80. The van der Waals surface area contributed by atoms with Gasteiger partial charge < -0.3 is 16.0 Å². The van der Waals surface area contributed by atoms with Gasteiger partial charge in [0.15, 0.2) is 5.96 Å². The lowest BCUT2D eigenvalue weighted by molar-refractivity contribution is -0.0918. The second-order valence-electron chi connectivity index (χ2n) is 5.34. The number of pyridine rings is 1. The minimum atomic E-state index is -4.48. The Labute approximate surface area is 131 Å². The summed E-state index contributed by atoms with van der Waals surface area (Å²) in [5, 5.41) is 3.16. The highest BCUT2D eigenvalue weighted by Crippen LogP contribution is 2.35. The molecule has 0 bridgehead atoms. The van der Waals surface area contributed by atoms with Crippen molar-refractivity contribution < 1.29 is 13.2 Å². The second kappa shape index (κ2) is 5.53. The van der Waals surface area contributed by atoms with E-state index in [0.717, 1.165) is 5.44 Å². The number of hydrogen-bond donors (Lipinski definition) is 3. The van der Waals surface area contributed by atoms with Gasteiger partial charge in [0.1, 0.15) is 5.65 Å². The molecular formula is C14H15F3N5P. The number of nitrogens with two attached hydrogens (primary N) is 1. The molecule has 2 aromatic heterocycles. The Morgan fingerprint density at radius 3 is 2.65 bits per heavy atom. The smallest absolute Gasteiger partial charge is 0.370 e. The summed E-state index contributed by atoms with van der Waals surface area (Å²) in [5.74, 6) is -0.0300. The van der Waals surface area contributed by atoms with Crippen LogP contribution in [0, 0.1) is 0 Å². The standard InChI is InChI=1S/C14H15F3N5P/c1-23(2)10-4-3-7-8(5-19-12(7)21-10)11-9(14(15,16)17)6-20-13(18)22-11/h3-5H,6H2,1-2H3,(H,19,21)(H3,18,20,22). The monoisotopic (exact) mass is 341 g/mol. The molecule has 0 amide bonds. The van der Waals surface area contributed by atoms with Crippen LogP contribution in [0.2, 0.25) is 0 Å². The maximum atomic E-state index is 13.2. The van der Waals surface area contributed by atoms with Crippen LogP contribution in [0.25, 0.3) is 16.7 Å². The SMILES string of the molecule is CP(C)c1ccc2c(C3=C(C(F)(F)F)CN=C(N)N3)c[nH]c2n1. The third-order valence-corrected chi connectivity index (χ3v) is 4.72. The molecule has 0 unspecified atom stereocenters. The largest absolute Gasteiger partial charge is 0.416 e. The summed E-state index contributed by atoms with van der Waals surface area (Å²) >= 11 is 0. The fourth-order valence-electron chi connectivity index (χ4n) is 2.40. The number of guanidine groups is 1. The van der Waals surface area contributed by atoms with Crippen LogP contribution in [-0.2, 0) is 0 Å². The van der Waals surface area contributed by atoms with Gasteiger partial charge in [-0.25, -0.2) is 9.98 Å². The number of aliphatic imine (C=N–C) groups is 1. The summed E-state index contributed by atoms with van der Waals surface area (Å²) in [6.07, 6.45) is -2.97. The fraction of sp³-hybridized carbons (Fsp3) is 0.286. The van der Waals surface area contributed by atoms with Crippen molar-refractivity contribution in [1.29, 1.82) is 0 Å². The van der Waals surface area contributed by atoms with Crippen LogP contribution in [0.4, 0.5) is 13.2 Å². The summed E-state index contributed by atoms with van der Waals surface area (Å²) in [7, 11) is -0.386. The van der Waals surface area contributed by atoms with E-state index >= 15 is 0 Å². The summed E-state index contributed by atoms with van der Waals surface area (Å²) in [4.78, 5) is 11.1. The highest BCUT2D eigenvalue weighted by molar-refractivity contribution is 7.63. The molecule has 3 heterocycles. The Bertz CT molecular complexity index is 819. The van der Waals surface area contributed by atoms with Gasteiger partial charge in [-0.05, 0) is 25.5 Å². The maximum absolute atomic E-state index is 13.2. The number of aromatic nitrogens is 2. The van der Waals surface area contributed by atoms with Crippen LogP contribution in [0.15, 0.2) is 28.9 Å². The molecule has 0 saturated carbocycles. The van der Waals surface area contributed by atoms with Gasteiger partial charge >= 0.3 is 6.18 Å². The molecular weight excluding hydrogens is 326 g/mol. The van der Waals surface area contributed by atoms with Crippen LogP contribution in [0.3, 0.4) is 0 Å². The number of rotatable bonds is 2. The molecule has 5 nitrogen and oxygen atoms in total. The Morgan fingerprint density at radius 1 is 1.26 bits per heavy atom. The van der Waals surface area contributed by atoms with E-state index in [4.69, 9.17) is 5.73 Å². The molecule has 2 aromatic rings. The molecule has 0 saturated heterocycles. The van der Waals surface area contributed by atoms with Gasteiger partial charge in [0.05, 0.1) is 23.2 Å². The molecule has 0 aliphatic carbocycles. The average Bonchev–Trinajstić information content (AvgIpc) is 2.88. The van der Waals surface area contributed by atoms with Crippen molar-refractivity contribution in [2.45, 2.75) is 6.18 Å². The van der Waals surface area contributed by atoms with Gasteiger partial charge in [-0.1, -0.05) is 7.92 Å². The molecule has 3 rings (SSSR count). The predicted octanol–water partition coefficient (Wildman–Crippen LogP) is 2.12. The molecule has 23 heavy (non-hydrogen) atoms. The number of nitrogens with one attached hydrogen (secondary N) is 2. The van der Waals surface area contributed by atoms with Crippen molar-refractivity contribution in [3.05, 3.63) is 29.5 Å². The van der Waals surface area contributed by atoms with E-state index in [1.165, 1.54) is 6.20 Å². The third kappa shape index (κ3) is 2.91. The van der Waals surface area contributed by atoms with Crippen LogP contribution in [0.5, 0.6) is 0 Å². The topological polar surface area (TPSA) is 79.1 Å². The van der Waals surface area contributed by atoms with Gasteiger partial charge in [-0.15, -0.1) is 0 Å². The second-order valence-corrected chi connectivity index (χ2v) is 7.59. The lowest BCUT2D eigenvalue weighted by atomic mass is 10.0. The molecule has 9 heteroatoms. The van der Waals surface area contributed by atoms with Crippen molar-refractivity contribution in [2.24, 2.45) is 10.7 Å². The molecule has 0 aromatic carbocycles. The molecule has 4 N–H and O–H groups in total. The summed E-state index contributed by atoms with van der Waals surface area (Å²) in [6.45, 7) is 3.64. The van der Waals surface area contributed by atoms with Gasteiger partial charge in [-0.3, -0.25) is 0 Å². The van der Waals surface area contributed by atoms with E-state index in [2.05, 4.69) is 33.6 Å². The van der Waals surface area contributed by atoms with E-state index in [0.29, 0.717) is 16.6 Å². The average molecular weight is 341 g/mol. The molecule has 1 aliphatic rings. The Hall–Kier alpha value is -2.08. The van der Waals surface area contributed by atoms with E-state index in [1.54, 1.807) is 6.07 Å². The number of alkyl halides is 3. The van der Waals surface area contributed by atoms with Gasteiger partial charge in [0.25, 0.3) is 0 Å². The first-order valence-electron chi connectivity index (χ1n) is 6.80. The molecule has 1 aliphatic heterocycles. The molecule has 0 radical (unpaired) electrons. The van der Waals surface area contributed by atoms with Crippen LogP contribution in [-0.4, -0.2) is 42.0 Å². The normalized spacial score (nSPS) is 16.0. The van der Waals surface area contributed by atoms with Crippen LogP contribution in [0.1, 0.15) is 5.56 Å². The molecule has 0 spiro atoms. The molecule has 122 valence electrons. The zero-order valence-electron chi connectivity index (χ0n) is 12.5. The van der Waals surface area contributed by atoms with E-state index < -0.39 is 18.3 Å². The minimum Gasteiger partial charge on any atom is -0.370 e. The zero-order chi connectivity index (χ0) is 16.8. The van der Waals surface area contributed by atoms with Crippen LogP contribution >= 0.6 is 7.92 Å². The first kappa shape index (κ1) is 15.8. The first-order valence-corrected chi connectivity index (χ1v) is 9.04. The van der Waals surface area contributed by atoms with Crippen molar-refractivity contribution in [3.63, 3.8) is 0 Å². The third-order valence-electron chi connectivity index (χ3n) is 3.56. The summed E-state index contributed by atoms with van der Waals surface area (Å²) < 4.78 is 39.7. The highest BCUT2D eigenvalue weighted by atomic mass is 31.1.